The highest BCUT2D eigenvalue weighted by atomic mass is 35.5. The van der Waals surface area contributed by atoms with Gasteiger partial charge in [0, 0.05) is 5.69 Å². The summed E-state index contributed by atoms with van der Waals surface area (Å²) in [6.45, 7) is 1.66. The number of rotatable bonds is 2. The number of anilines is 1. The van der Waals surface area contributed by atoms with Crippen LogP contribution in [0.15, 0.2) is 24.3 Å². The van der Waals surface area contributed by atoms with Gasteiger partial charge in [0.25, 0.3) is 5.91 Å². The lowest BCUT2D eigenvalue weighted by Crippen LogP contribution is -2.60. The Labute approximate surface area is 114 Å². The molecule has 1 N–H and O–H groups in total. The van der Waals surface area contributed by atoms with Crippen molar-refractivity contribution in [2.24, 2.45) is 0 Å². The van der Waals surface area contributed by atoms with E-state index in [1.54, 1.807) is 6.92 Å². The molecule has 2 nitrogen and oxygen atoms in total. The summed E-state index contributed by atoms with van der Waals surface area (Å²) in [4.78, 5) is 6.33. The van der Waals surface area contributed by atoms with Crippen molar-refractivity contribution in [3.63, 3.8) is 0 Å². The van der Waals surface area contributed by atoms with Gasteiger partial charge in [0.2, 0.25) is 0 Å². The second-order valence-electron chi connectivity index (χ2n) is 3.97. The van der Waals surface area contributed by atoms with Gasteiger partial charge >= 0.3 is 17.2 Å². The highest BCUT2D eigenvalue weighted by Crippen LogP contribution is 2.48. The molecule has 0 aliphatic carbocycles. The van der Waals surface area contributed by atoms with Gasteiger partial charge < -0.3 is 5.32 Å². The average Bonchev–Trinajstić information content (AvgIpc) is 2.28. The Bertz CT molecular complexity index is 479. The Balaban J connectivity index is 3.11. The number of amides is 1. The molecule has 9 heteroatoms. The Morgan fingerprint density at radius 3 is 1.75 bits per heavy atom. The van der Waals surface area contributed by atoms with Gasteiger partial charge in [0.15, 0.2) is 0 Å². The molecular formula is C11H8ClF6NO. The summed E-state index contributed by atoms with van der Waals surface area (Å²) in [6, 6.07) is 5.15. The minimum Gasteiger partial charge on any atom is -0.324 e. The van der Waals surface area contributed by atoms with E-state index in [0.29, 0.717) is 5.56 Å². The third-order valence-corrected chi connectivity index (χ3v) is 3.00. The second kappa shape index (κ2) is 5.16. The summed E-state index contributed by atoms with van der Waals surface area (Å²) in [5, 5.41) is 1.51. The molecule has 0 heterocycles. The molecule has 0 unspecified atom stereocenters. The van der Waals surface area contributed by atoms with Gasteiger partial charge in [-0.2, -0.15) is 26.3 Å². The Morgan fingerprint density at radius 2 is 1.40 bits per heavy atom. The molecular weight excluding hydrogens is 312 g/mol. The van der Waals surface area contributed by atoms with Crippen LogP contribution in [-0.4, -0.2) is 23.1 Å². The van der Waals surface area contributed by atoms with E-state index in [0.717, 1.165) is 12.1 Å². The second-order valence-corrected chi connectivity index (χ2v) is 4.54. The summed E-state index contributed by atoms with van der Waals surface area (Å²) in [7, 11) is 0. The molecule has 1 amide bonds. The lowest BCUT2D eigenvalue weighted by molar-refractivity contribution is -0.258. The van der Waals surface area contributed by atoms with Gasteiger partial charge in [0.05, 0.1) is 0 Å². The molecule has 0 saturated heterocycles. The minimum absolute atomic E-state index is 0.223. The Kier molecular flexibility index (Phi) is 4.28. The molecule has 0 spiro atoms. The Morgan fingerprint density at radius 1 is 1.00 bits per heavy atom. The maximum absolute atomic E-state index is 12.5. The fraction of sp³-hybridized carbons (Fsp3) is 0.364. The highest BCUT2D eigenvalue weighted by molar-refractivity contribution is 6.38. The number of nitrogens with one attached hydrogen (secondary N) is 1. The molecule has 20 heavy (non-hydrogen) atoms. The van der Waals surface area contributed by atoms with Crippen LogP contribution in [0.5, 0.6) is 0 Å². The maximum Gasteiger partial charge on any atom is 0.425 e. The molecule has 112 valence electrons. The van der Waals surface area contributed by atoms with Crippen molar-refractivity contribution in [2.45, 2.75) is 24.2 Å². The fourth-order valence-electron chi connectivity index (χ4n) is 1.27. The van der Waals surface area contributed by atoms with Crippen molar-refractivity contribution in [2.75, 3.05) is 5.32 Å². The van der Waals surface area contributed by atoms with Crippen molar-refractivity contribution in [1.29, 1.82) is 0 Å². The summed E-state index contributed by atoms with van der Waals surface area (Å²) >= 11 is 4.56. The lowest BCUT2D eigenvalue weighted by Gasteiger charge is -2.30. The van der Waals surface area contributed by atoms with Crippen LogP contribution >= 0.6 is 11.6 Å². The fourth-order valence-corrected chi connectivity index (χ4v) is 1.32. The molecule has 0 atom stereocenters. The molecule has 0 radical (unpaired) electrons. The number of benzene rings is 1. The third kappa shape index (κ3) is 3.00. The Hall–Kier alpha value is -1.44. The van der Waals surface area contributed by atoms with Crippen LogP contribution in [0.25, 0.3) is 0 Å². The van der Waals surface area contributed by atoms with E-state index in [4.69, 9.17) is 0 Å². The van der Waals surface area contributed by atoms with Crippen LogP contribution in [0.2, 0.25) is 0 Å². The zero-order valence-electron chi connectivity index (χ0n) is 9.86. The summed E-state index contributed by atoms with van der Waals surface area (Å²) in [6.07, 6.45) is -12.0. The van der Waals surface area contributed by atoms with Crippen LogP contribution in [0, 0.1) is 6.92 Å². The number of carbonyl (C=O) groups excluding carboxylic acids is 1. The zero-order valence-corrected chi connectivity index (χ0v) is 10.6. The van der Waals surface area contributed by atoms with Gasteiger partial charge in [-0.05, 0) is 19.1 Å². The molecule has 0 aliphatic rings. The monoisotopic (exact) mass is 319 g/mol. The van der Waals surface area contributed by atoms with E-state index in [1.807, 2.05) is 0 Å². The van der Waals surface area contributed by atoms with Gasteiger partial charge in [-0.3, -0.25) is 4.79 Å². The van der Waals surface area contributed by atoms with Gasteiger partial charge in [-0.15, -0.1) is 0 Å². The molecule has 0 aromatic heterocycles. The number of halogens is 7. The molecule has 1 rings (SSSR count). The van der Waals surface area contributed by atoms with E-state index in [9.17, 15) is 31.1 Å². The quantitative estimate of drug-likeness (QED) is 0.647. The first kappa shape index (κ1) is 16.6. The van der Waals surface area contributed by atoms with Crippen LogP contribution in [-0.2, 0) is 4.79 Å². The van der Waals surface area contributed by atoms with Crippen molar-refractivity contribution < 1.29 is 31.1 Å². The third-order valence-electron chi connectivity index (χ3n) is 2.40. The maximum atomic E-state index is 12.5. The normalized spacial score (nSPS) is 13.2. The van der Waals surface area contributed by atoms with Crippen molar-refractivity contribution in [1.82, 2.24) is 0 Å². The summed E-state index contributed by atoms with van der Waals surface area (Å²) in [5.41, 5.74) is 0.492. The van der Waals surface area contributed by atoms with Gasteiger partial charge in [0.1, 0.15) is 0 Å². The topological polar surface area (TPSA) is 29.1 Å². The van der Waals surface area contributed by atoms with E-state index in [2.05, 4.69) is 11.6 Å². The summed E-state index contributed by atoms with van der Waals surface area (Å²) < 4.78 is 75.0. The van der Waals surface area contributed by atoms with Crippen molar-refractivity contribution >= 4 is 23.2 Å². The van der Waals surface area contributed by atoms with Crippen LogP contribution in [0.1, 0.15) is 5.56 Å². The van der Waals surface area contributed by atoms with E-state index >= 15 is 0 Å². The predicted octanol–water partition coefficient (Wildman–Crippen LogP) is 4.04. The lowest BCUT2D eigenvalue weighted by atomic mass is 10.1. The zero-order chi connectivity index (χ0) is 15.8. The van der Waals surface area contributed by atoms with Gasteiger partial charge in [-0.25, -0.2) is 0 Å². The number of carbonyl (C=O) groups is 1. The number of alkyl halides is 7. The molecule has 0 aliphatic heterocycles. The SMILES string of the molecule is Cc1ccc(NC(=O)C(Cl)(C(F)(F)F)C(F)(F)F)cc1. The molecule has 1 aromatic rings. The van der Waals surface area contributed by atoms with Crippen LogP contribution in [0.4, 0.5) is 32.0 Å². The molecule has 0 bridgehead atoms. The highest BCUT2D eigenvalue weighted by Gasteiger charge is 2.75. The molecule has 1 aromatic carbocycles. The van der Waals surface area contributed by atoms with E-state index in [1.165, 1.54) is 17.4 Å². The largest absolute Gasteiger partial charge is 0.425 e. The van der Waals surface area contributed by atoms with Crippen molar-refractivity contribution in [3.8, 4) is 0 Å². The average molecular weight is 320 g/mol. The smallest absolute Gasteiger partial charge is 0.324 e. The van der Waals surface area contributed by atoms with E-state index in [-0.39, 0.29) is 5.69 Å². The first-order valence-electron chi connectivity index (χ1n) is 5.10. The molecule has 0 fully saturated rings. The first-order valence-corrected chi connectivity index (χ1v) is 5.48. The number of aryl methyl sites for hydroxylation is 1. The summed E-state index contributed by atoms with van der Waals surface area (Å²) in [5.74, 6) is -2.40. The van der Waals surface area contributed by atoms with Crippen molar-refractivity contribution in [3.05, 3.63) is 29.8 Å². The molecule has 0 saturated carbocycles. The van der Waals surface area contributed by atoms with Crippen LogP contribution in [0.3, 0.4) is 0 Å². The number of hydrogen-bond acceptors (Lipinski definition) is 1. The predicted molar refractivity (Wildman–Crippen MR) is 60.5 cm³/mol. The standard InChI is InChI=1S/C11H8ClF6NO/c1-6-2-4-7(5-3-6)19-8(20)9(12,10(13,14)15)11(16,17)18/h2-5H,1H3,(H,19,20). The van der Waals surface area contributed by atoms with Gasteiger partial charge in [-0.1, -0.05) is 29.3 Å². The van der Waals surface area contributed by atoms with E-state index < -0.39 is 23.1 Å². The minimum atomic E-state index is -5.98. The number of hydrogen-bond donors (Lipinski definition) is 1. The first-order chi connectivity index (χ1) is 8.89. The van der Waals surface area contributed by atoms with Crippen LogP contribution < -0.4 is 5.32 Å².